The van der Waals surface area contributed by atoms with Crippen molar-refractivity contribution in [3.05, 3.63) is 59.9 Å². The molecule has 2 aromatic carbocycles. The topological polar surface area (TPSA) is 71.1 Å². The van der Waals surface area contributed by atoms with E-state index in [1.165, 1.54) is 23.9 Å². The molecule has 27 heavy (non-hydrogen) atoms. The quantitative estimate of drug-likeness (QED) is 0.631. The van der Waals surface area contributed by atoms with Gasteiger partial charge in [-0.15, -0.1) is 5.10 Å². The number of carbonyl (C=O) groups excluding carboxylic acids is 1. The maximum atomic E-state index is 12.9. The van der Waals surface area contributed by atoms with Crippen molar-refractivity contribution in [2.45, 2.75) is 11.7 Å². The zero-order valence-corrected chi connectivity index (χ0v) is 15.8. The van der Waals surface area contributed by atoms with Crippen LogP contribution in [0.5, 0.6) is 5.75 Å². The number of aromatic amines is 1. The van der Waals surface area contributed by atoms with Gasteiger partial charge in [0.2, 0.25) is 11.1 Å². The molecule has 0 aliphatic carbocycles. The van der Waals surface area contributed by atoms with Crippen LogP contribution < -0.4 is 4.74 Å². The normalized spacial score (nSPS) is 10.6. The van der Waals surface area contributed by atoms with Gasteiger partial charge in [-0.3, -0.25) is 9.89 Å². The minimum Gasteiger partial charge on any atom is -0.497 e. The Bertz CT molecular complexity index is 897. The van der Waals surface area contributed by atoms with Crippen LogP contribution in [0.15, 0.2) is 53.7 Å². The molecule has 1 N–H and O–H groups in total. The van der Waals surface area contributed by atoms with Crippen LogP contribution in [0.4, 0.5) is 4.39 Å². The lowest BCUT2D eigenvalue weighted by Gasteiger charge is -2.16. The summed E-state index contributed by atoms with van der Waals surface area (Å²) in [5.41, 5.74) is 1.76. The number of methoxy groups -OCH3 is 1. The second-order valence-corrected chi connectivity index (χ2v) is 6.80. The van der Waals surface area contributed by atoms with E-state index in [0.29, 0.717) is 17.5 Å². The van der Waals surface area contributed by atoms with Gasteiger partial charge in [0, 0.05) is 19.2 Å². The standard InChI is InChI=1S/C19H19FN4O2S/c1-24(11-13-3-7-15(20)8-4-13)17(25)12-27-19-21-18(22-23-19)14-5-9-16(26-2)10-6-14/h3-10H,11-12H2,1-2H3,(H,21,22,23). The van der Waals surface area contributed by atoms with Gasteiger partial charge in [-0.2, -0.15) is 0 Å². The number of aromatic nitrogens is 3. The highest BCUT2D eigenvalue weighted by atomic mass is 32.2. The van der Waals surface area contributed by atoms with Crippen molar-refractivity contribution >= 4 is 17.7 Å². The smallest absolute Gasteiger partial charge is 0.233 e. The number of carbonyl (C=O) groups is 1. The Morgan fingerprint density at radius 2 is 1.89 bits per heavy atom. The van der Waals surface area contributed by atoms with Crippen LogP contribution in [-0.2, 0) is 11.3 Å². The Balaban J connectivity index is 1.54. The first-order valence-corrected chi connectivity index (χ1v) is 9.22. The van der Waals surface area contributed by atoms with E-state index < -0.39 is 0 Å². The number of rotatable bonds is 7. The van der Waals surface area contributed by atoms with Gasteiger partial charge >= 0.3 is 0 Å². The Labute approximate surface area is 160 Å². The third-order valence-corrected chi connectivity index (χ3v) is 4.74. The molecule has 0 radical (unpaired) electrons. The predicted octanol–water partition coefficient (Wildman–Crippen LogP) is 3.37. The molecule has 1 heterocycles. The molecule has 140 valence electrons. The summed E-state index contributed by atoms with van der Waals surface area (Å²) < 4.78 is 18.1. The molecule has 3 aromatic rings. The maximum Gasteiger partial charge on any atom is 0.233 e. The number of nitrogens with zero attached hydrogens (tertiary/aromatic N) is 3. The molecule has 0 fully saturated rings. The summed E-state index contributed by atoms with van der Waals surface area (Å²) in [7, 11) is 3.33. The minimum absolute atomic E-state index is 0.0554. The molecule has 0 aliphatic rings. The minimum atomic E-state index is -0.291. The van der Waals surface area contributed by atoms with Gasteiger partial charge in [0.15, 0.2) is 5.82 Å². The zero-order chi connectivity index (χ0) is 19.2. The Morgan fingerprint density at radius 1 is 1.19 bits per heavy atom. The van der Waals surface area contributed by atoms with Crippen LogP contribution >= 0.6 is 11.8 Å². The van der Waals surface area contributed by atoms with E-state index in [2.05, 4.69) is 15.2 Å². The summed E-state index contributed by atoms with van der Waals surface area (Å²) in [6.07, 6.45) is 0. The number of halogens is 1. The first-order valence-electron chi connectivity index (χ1n) is 8.23. The summed E-state index contributed by atoms with van der Waals surface area (Å²) >= 11 is 1.26. The molecule has 3 rings (SSSR count). The Kier molecular flexibility index (Phi) is 6.08. The average Bonchev–Trinajstić information content (AvgIpc) is 3.17. The lowest BCUT2D eigenvalue weighted by molar-refractivity contribution is -0.127. The third kappa shape index (κ3) is 5.07. The fraction of sp³-hybridized carbons (Fsp3) is 0.211. The van der Waals surface area contributed by atoms with E-state index in [1.807, 2.05) is 24.3 Å². The van der Waals surface area contributed by atoms with Crippen molar-refractivity contribution < 1.29 is 13.9 Å². The van der Waals surface area contributed by atoms with Crippen molar-refractivity contribution in [2.24, 2.45) is 0 Å². The summed E-state index contributed by atoms with van der Waals surface area (Å²) in [4.78, 5) is 18.3. The predicted molar refractivity (Wildman–Crippen MR) is 102 cm³/mol. The third-order valence-electron chi connectivity index (χ3n) is 3.91. The Hall–Kier alpha value is -2.87. The van der Waals surface area contributed by atoms with Crippen LogP contribution in [0.1, 0.15) is 5.56 Å². The van der Waals surface area contributed by atoms with E-state index in [-0.39, 0.29) is 17.5 Å². The number of ether oxygens (including phenoxy) is 1. The highest BCUT2D eigenvalue weighted by Gasteiger charge is 2.13. The molecule has 0 atom stereocenters. The monoisotopic (exact) mass is 386 g/mol. The summed E-state index contributed by atoms with van der Waals surface area (Å²) in [5, 5.41) is 7.52. The fourth-order valence-electron chi connectivity index (χ4n) is 2.38. The molecule has 0 spiro atoms. The van der Waals surface area contributed by atoms with Crippen molar-refractivity contribution in [1.82, 2.24) is 20.1 Å². The molecule has 1 aromatic heterocycles. The highest BCUT2D eigenvalue weighted by molar-refractivity contribution is 7.99. The van der Waals surface area contributed by atoms with E-state index in [1.54, 1.807) is 31.2 Å². The van der Waals surface area contributed by atoms with E-state index in [0.717, 1.165) is 16.9 Å². The Morgan fingerprint density at radius 3 is 2.56 bits per heavy atom. The molecule has 1 amide bonds. The van der Waals surface area contributed by atoms with Crippen LogP contribution in [0.25, 0.3) is 11.4 Å². The van der Waals surface area contributed by atoms with Crippen molar-refractivity contribution in [3.8, 4) is 17.1 Å². The lowest BCUT2D eigenvalue weighted by Crippen LogP contribution is -2.27. The summed E-state index contributed by atoms with van der Waals surface area (Å²) in [5.74, 6) is 1.27. The largest absolute Gasteiger partial charge is 0.497 e. The number of nitrogens with one attached hydrogen (secondary N) is 1. The number of thioether (sulfide) groups is 1. The van der Waals surface area contributed by atoms with Gasteiger partial charge in [-0.1, -0.05) is 23.9 Å². The van der Waals surface area contributed by atoms with E-state index in [4.69, 9.17) is 4.74 Å². The van der Waals surface area contributed by atoms with Gasteiger partial charge in [0.25, 0.3) is 0 Å². The number of hydrogen-bond acceptors (Lipinski definition) is 5. The average molecular weight is 386 g/mol. The van der Waals surface area contributed by atoms with Gasteiger partial charge in [0.1, 0.15) is 11.6 Å². The molecule has 0 saturated heterocycles. The van der Waals surface area contributed by atoms with Gasteiger partial charge < -0.3 is 9.64 Å². The van der Waals surface area contributed by atoms with Crippen LogP contribution in [0, 0.1) is 5.82 Å². The molecule has 8 heteroatoms. The number of amides is 1. The SMILES string of the molecule is COc1ccc(-c2nc(SCC(=O)N(C)Cc3ccc(F)cc3)n[nH]2)cc1. The van der Waals surface area contributed by atoms with Crippen LogP contribution in [-0.4, -0.2) is 45.9 Å². The van der Waals surface area contributed by atoms with Crippen LogP contribution in [0.2, 0.25) is 0 Å². The molecule has 0 unspecified atom stereocenters. The number of H-pyrrole nitrogens is 1. The molecular formula is C19H19FN4O2S. The van der Waals surface area contributed by atoms with E-state index >= 15 is 0 Å². The van der Waals surface area contributed by atoms with Crippen LogP contribution in [0.3, 0.4) is 0 Å². The van der Waals surface area contributed by atoms with Crippen molar-refractivity contribution in [2.75, 3.05) is 19.9 Å². The second-order valence-electron chi connectivity index (χ2n) is 5.86. The molecule has 0 aliphatic heterocycles. The molecule has 6 nitrogen and oxygen atoms in total. The molecule has 0 bridgehead atoms. The summed E-state index contributed by atoms with van der Waals surface area (Å²) in [6.45, 7) is 0.421. The second kappa shape index (κ2) is 8.68. The summed E-state index contributed by atoms with van der Waals surface area (Å²) in [6, 6.07) is 13.6. The fourth-order valence-corrected chi connectivity index (χ4v) is 3.12. The highest BCUT2D eigenvalue weighted by Crippen LogP contribution is 2.22. The van der Waals surface area contributed by atoms with Crippen molar-refractivity contribution in [1.29, 1.82) is 0 Å². The lowest BCUT2D eigenvalue weighted by atomic mass is 10.2. The van der Waals surface area contributed by atoms with Gasteiger partial charge in [0.05, 0.1) is 12.9 Å². The number of hydrogen-bond donors (Lipinski definition) is 1. The number of benzene rings is 2. The maximum absolute atomic E-state index is 12.9. The first kappa shape index (κ1) is 18.9. The van der Waals surface area contributed by atoms with E-state index in [9.17, 15) is 9.18 Å². The van der Waals surface area contributed by atoms with Gasteiger partial charge in [-0.25, -0.2) is 9.37 Å². The van der Waals surface area contributed by atoms with Crippen molar-refractivity contribution in [3.63, 3.8) is 0 Å². The molecular weight excluding hydrogens is 367 g/mol. The zero-order valence-electron chi connectivity index (χ0n) is 15.0. The first-order chi connectivity index (χ1) is 13.0. The molecule has 0 saturated carbocycles. The van der Waals surface area contributed by atoms with Gasteiger partial charge in [-0.05, 0) is 42.0 Å².